The molecule has 0 aliphatic heterocycles. The lowest BCUT2D eigenvalue weighted by Crippen LogP contribution is -2.27. The van der Waals surface area contributed by atoms with E-state index in [-0.39, 0.29) is 19.0 Å². The molecule has 5 heteroatoms. The molecule has 1 amide bonds. The molecular weight excluding hydrogens is 204 g/mol. The van der Waals surface area contributed by atoms with Crippen molar-refractivity contribution in [1.29, 1.82) is 5.26 Å². The first kappa shape index (κ1) is 10.2. The summed E-state index contributed by atoms with van der Waals surface area (Å²) in [5.41, 5.74) is 1.77. The van der Waals surface area contributed by atoms with Gasteiger partial charge in [0, 0.05) is 0 Å². The number of fused-ring (bicyclic) bond motifs is 1. The fourth-order valence-corrected chi connectivity index (χ4v) is 1.49. The van der Waals surface area contributed by atoms with Crippen LogP contribution in [0, 0.1) is 11.3 Å². The maximum atomic E-state index is 11.4. The van der Waals surface area contributed by atoms with Crippen molar-refractivity contribution in [3.63, 3.8) is 0 Å². The molecule has 80 valence electrons. The zero-order valence-electron chi connectivity index (χ0n) is 8.55. The molecule has 1 aromatic carbocycles. The normalized spacial score (nSPS) is 9.94. The quantitative estimate of drug-likeness (QED) is 0.763. The molecule has 1 aromatic heterocycles. The number of carbonyl (C=O) groups is 1. The number of imidazole rings is 1. The number of nitriles is 1. The maximum Gasteiger partial charge on any atom is 0.240 e. The van der Waals surface area contributed by atoms with Crippen LogP contribution in [0.3, 0.4) is 0 Å². The second-order valence-corrected chi connectivity index (χ2v) is 3.30. The third-order valence-corrected chi connectivity index (χ3v) is 2.21. The number of aromatic nitrogens is 2. The molecule has 0 fully saturated rings. The first-order valence-corrected chi connectivity index (χ1v) is 4.85. The summed E-state index contributed by atoms with van der Waals surface area (Å²) in [7, 11) is 0. The Morgan fingerprint density at radius 1 is 1.50 bits per heavy atom. The molecule has 2 aromatic rings. The number of nitrogens with zero attached hydrogens (tertiary/aromatic N) is 3. The maximum absolute atomic E-state index is 11.4. The number of para-hydroxylation sites is 2. The lowest BCUT2D eigenvalue weighted by Gasteiger charge is -2.03. The minimum Gasteiger partial charge on any atom is -0.341 e. The van der Waals surface area contributed by atoms with E-state index in [0.29, 0.717) is 0 Å². The molecule has 0 bridgehead atoms. The van der Waals surface area contributed by atoms with Gasteiger partial charge in [-0.3, -0.25) is 4.79 Å². The molecule has 0 saturated heterocycles. The van der Waals surface area contributed by atoms with Crippen molar-refractivity contribution < 1.29 is 4.79 Å². The average Bonchev–Trinajstić information content (AvgIpc) is 2.70. The van der Waals surface area contributed by atoms with Crippen LogP contribution in [0.5, 0.6) is 0 Å². The van der Waals surface area contributed by atoms with Gasteiger partial charge in [-0.15, -0.1) is 0 Å². The highest BCUT2D eigenvalue weighted by atomic mass is 16.1. The van der Waals surface area contributed by atoms with Gasteiger partial charge < -0.3 is 9.88 Å². The van der Waals surface area contributed by atoms with Crippen LogP contribution >= 0.6 is 0 Å². The van der Waals surface area contributed by atoms with Crippen molar-refractivity contribution in [1.82, 2.24) is 14.9 Å². The summed E-state index contributed by atoms with van der Waals surface area (Å²) in [6.07, 6.45) is 1.62. The van der Waals surface area contributed by atoms with Gasteiger partial charge in [0.25, 0.3) is 0 Å². The van der Waals surface area contributed by atoms with Gasteiger partial charge in [-0.25, -0.2) is 4.98 Å². The van der Waals surface area contributed by atoms with Gasteiger partial charge in [0.15, 0.2) is 0 Å². The van der Waals surface area contributed by atoms with Gasteiger partial charge in [0.05, 0.1) is 23.4 Å². The summed E-state index contributed by atoms with van der Waals surface area (Å²) < 4.78 is 1.75. The molecule has 0 saturated carbocycles. The minimum absolute atomic E-state index is 0.0332. The third-order valence-electron chi connectivity index (χ3n) is 2.21. The molecule has 0 aliphatic rings. The number of hydrogen-bond acceptors (Lipinski definition) is 3. The number of benzene rings is 1. The second-order valence-electron chi connectivity index (χ2n) is 3.30. The topological polar surface area (TPSA) is 70.7 Å². The Morgan fingerprint density at radius 2 is 2.31 bits per heavy atom. The standard InChI is InChI=1S/C11H10N4O/c12-5-6-13-11(16)7-15-8-14-9-3-1-2-4-10(9)15/h1-4,8H,6-7H2,(H,13,16). The van der Waals surface area contributed by atoms with Crippen molar-refractivity contribution in [3.8, 4) is 6.07 Å². The monoisotopic (exact) mass is 214 g/mol. The number of rotatable bonds is 3. The van der Waals surface area contributed by atoms with Crippen molar-refractivity contribution >= 4 is 16.9 Å². The first-order chi connectivity index (χ1) is 7.81. The van der Waals surface area contributed by atoms with E-state index in [4.69, 9.17) is 5.26 Å². The number of carbonyl (C=O) groups excluding carboxylic acids is 1. The van der Waals surface area contributed by atoms with Crippen LogP contribution in [-0.4, -0.2) is 22.0 Å². The largest absolute Gasteiger partial charge is 0.341 e. The first-order valence-electron chi connectivity index (χ1n) is 4.85. The fourth-order valence-electron chi connectivity index (χ4n) is 1.49. The van der Waals surface area contributed by atoms with Crippen LogP contribution in [-0.2, 0) is 11.3 Å². The molecule has 0 radical (unpaired) electrons. The van der Waals surface area contributed by atoms with Crippen LogP contribution in [0.1, 0.15) is 0 Å². The average molecular weight is 214 g/mol. The molecular formula is C11H10N4O. The van der Waals surface area contributed by atoms with E-state index < -0.39 is 0 Å². The summed E-state index contributed by atoms with van der Waals surface area (Å²) in [5.74, 6) is -0.190. The van der Waals surface area contributed by atoms with Gasteiger partial charge in [-0.2, -0.15) is 5.26 Å². The molecule has 1 heterocycles. The Kier molecular flexibility index (Phi) is 2.83. The van der Waals surface area contributed by atoms with Crippen molar-refractivity contribution in [2.24, 2.45) is 0 Å². The van der Waals surface area contributed by atoms with Gasteiger partial charge in [-0.1, -0.05) is 12.1 Å². The third kappa shape index (κ3) is 2.01. The van der Waals surface area contributed by atoms with Crippen LogP contribution in [0.2, 0.25) is 0 Å². The summed E-state index contributed by atoms with van der Waals surface area (Å²) in [6, 6.07) is 9.44. The summed E-state index contributed by atoms with van der Waals surface area (Å²) >= 11 is 0. The molecule has 0 atom stereocenters. The number of hydrogen-bond donors (Lipinski definition) is 1. The van der Waals surface area contributed by atoms with E-state index in [1.807, 2.05) is 30.3 Å². The zero-order chi connectivity index (χ0) is 11.4. The highest BCUT2D eigenvalue weighted by molar-refractivity contribution is 5.80. The second kappa shape index (κ2) is 4.45. The highest BCUT2D eigenvalue weighted by Crippen LogP contribution is 2.11. The van der Waals surface area contributed by atoms with Crippen LogP contribution < -0.4 is 5.32 Å². The number of amides is 1. The van der Waals surface area contributed by atoms with Gasteiger partial charge >= 0.3 is 0 Å². The van der Waals surface area contributed by atoms with E-state index in [1.54, 1.807) is 10.9 Å². The molecule has 16 heavy (non-hydrogen) atoms. The Morgan fingerprint density at radius 3 is 3.12 bits per heavy atom. The van der Waals surface area contributed by atoms with Gasteiger partial charge in [0.1, 0.15) is 13.1 Å². The Hall–Kier alpha value is -2.35. The van der Waals surface area contributed by atoms with Crippen molar-refractivity contribution in [3.05, 3.63) is 30.6 Å². The minimum atomic E-state index is -0.190. The van der Waals surface area contributed by atoms with E-state index in [9.17, 15) is 4.79 Å². The van der Waals surface area contributed by atoms with Crippen molar-refractivity contribution in [2.45, 2.75) is 6.54 Å². The Balaban J connectivity index is 2.16. The molecule has 0 unspecified atom stereocenters. The Bertz CT molecular complexity index is 552. The van der Waals surface area contributed by atoms with E-state index >= 15 is 0 Å². The van der Waals surface area contributed by atoms with Gasteiger partial charge in [-0.05, 0) is 12.1 Å². The van der Waals surface area contributed by atoms with E-state index in [1.165, 1.54) is 0 Å². The van der Waals surface area contributed by atoms with E-state index in [0.717, 1.165) is 11.0 Å². The Labute approximate surface area is 92.3 Å². The predicted octanol–water partition coefficient (Wildman–Crippen LogP) is 0.676. The van der Waals surface area contributed by atoms with Crippen molar-refractivity contribution in [2.75, 3.05) is 6.54 Å². The molecule has 0 aliphatic carbocycles. The fraction of sp³-hybridized carbons (Fsp3) is 0.182. The lowest BCUT2D eigenvalue weighted by molar-refractivity contribution is -0.121. The van der Waals surface area contributed by atoms with Crippen LogP contribution in [0.25, 0.3) is 11.0 Å². The molecule has 0 spiro atoms. The number of nitrogens with one attached hydrogen (secondary N) is 1. The predicted molar refractivity (Wildman–Crippen MR) is 58.4 cm³/mol. The molecule has 1 N–H and O–H groups in total. The highest BCUT2D eigenvalue weighted by Gasteiger charge is 2.05. The van der Waals surface area contributed by atoms with Crippen LogP contribution in [0.4, 0.5) is 0 Å². The van der Waals surface area contributed by atoms with E-state index in [2.05, 4.69) is 10.3 Å². The zero-order valence-corrected chi connectivity index (χ0v) is 8.55. The summed E-state index contributed by atoms with van der Waals surface area (Å²) in [6.45, 7) is 0.216. The smallest absolute Gasteiger partial charge is 0.240 e. The molecule has 2 rings (SSSR count). The molecule has 5 nitrogen and oxygen atoms in total. The summed E-state index contributed by atoms with van der Waals surface area (Å²) in [4.78, 5) is 15.6. The lowest BCUT2D eigenvalue weighted by atomic mass is 10.3. The van der Waals surface area contributed by atoms with Gasteiger partial charge in [0.2, 0.25) is 5.91 Å². The summed E-state index contributed by atoms with van der Waals surface area (Å²) in [5, 5.41) is 10.8. The van der Waals surface area contributed by atoms with Crippen LogP contribution in [0.15, 0.2) is 30.6 Å². The SMILES string of the molecule is N#CCNC(=O)Cn1cnc2ccccc21.